The third-order valence-corrected chi connectivity index (χ3v) is 12.4. The molecule has 18 nitrogen and oxygen atoms in total. The molecule has 0 saturated carbocycles. The number of hydrogen-bond acceptors (Lipinski definition) is 17. The summed E-state index contributed by atoms with van der Waals surface area (Å²) in [6.07, 6.45) is 5.04. The van der Waals surface area contributed by atoms with Crippen LogP contribution in [0.4, 0.5) is 0 Å². The predicted octanol–water partition coefficient (Wildman–Crippen LogP) is 0.763. The molecule has 0 radical (unpaired) electrons. The zero-order valence-corrected chi connectivity index (χ0v) is 39.3. The molecule has 1 amide bonds. The SMILES string of the molecule is CCNC(=O)C1[C@@H]2C[C@@H](O[C@@H]3O[C@H](C)[C@@H](O)[C@H](N)[C@H]3O)/C=C/C=C/C=C/C=C/C=C/C=C/C=C/[C@H](C)[C@@H](O)[C@@H](C)[C@H](C)OC(=O)C[C@H](O)C[C@H](O)CC[C@@H](O)[C@H](O)C[C@H](O)C[C@](O)(C[C@@H]1O)O2. The molecule has 0 aliphatic carbocycles. The van der Waals surface area contributed by atoms with Crippen LogP contribution in [0.5, 0.6) is 0 Å². The van der Waals surface area contributed by atoms with Gasteiger partial charge in [-0.05, 0) is 40.0 Å². The Kier molecular flexibility index (Phi) is 25.0. The van der Waals surface area contributed by atoms with E-state index in [2.05, 4.69) is 5.32 Å². The van der Waals surface area contributed by atoms with Gasteiger partial charge in [-0.15, -0.1) is 0 Å². The van der Waals surface area contributed by atoms with Crippen LogP contribution in [0.15, 0.2) is 85.1 Å². The highest BCUT2D eigenvalue weighted by atomic mass is 16.7. The molecule has 2 bridgehead atoms. The first kappa shape index (κ1) is 57.9. The first-order chi connectivity index (χ1) is 31.7. The van der Waals surface area contributed by atoms with E-state index in [0.29, 0.717) is 0 Å². The molecule has 3 aliphatic rings. The Morgan fingerprint density at radius 2 is 1.28 bits per heavy atom. The summed E-state index contributed by atoms with van der Waals surface area (Å²) in [6.45, 7) is 8.71. The van der Waals surface area contributed by atoms with E-state index in [1.807, 2.05) is 49.5 Å². The molecule has 380 valence electrons. The first-order valence-electron chi connectivity index (χ1n) is 23.4. The number of nitrogens with one attached hydrogen (secondary N) is 1. The van der Waals surface area contributed by atoms with Gasteiger partial charge < -0.3 is 81.1 Å². The van der Waals surface area contributed by atoms with Crippen molar-refractivity contribution < 1.29 is 79.6 Å². The molecule has 18 heteroatoms. The van der Waals surface area contributed by atoms with Crippen LogP contribution in [0.1, 0.15) is 86.0 Å². The number of ether oxygens (including phenoxy) is 4. The first-order valence-corrected chi connectivity index (χ1v) is 23.4. The van der Waals surface area contributed by atoms with Crippen LogP contribution in [0, 0.1) is 17.8 Å². The number of hydrogen-bond donors (Lipinski definition) is 12. The van der Waals surface area contributed by atoms with Crippen molar-refractivity contribution >= 4 is 11.9 Å². The van der Waals surface area contributed by atoms with Crippen molar-refractivity contribution in [3.05, 3.63) is 85.1 Å². The third-order valence-electron chi connectivity index (χ3n) is 12.4. The van der Waals surface area contributed by atoms with Crippen LogP contribution in [0.2, 0.25) is 0 Å². The minimum atomic E-state index is -2.25. The van der Waals surface area contributed by atoms with Crippen LogP contribution in [-0.4, -0.2) is 167 Å². The topological polar surface area (TPSA) is 311 Å². The second-order valence-electron chi connectivity index (χ2n) is 18.1. The van der Waals surface area contributed by atoms with Gasteiger partial charge in [-0.1, -0.05) is 98.9 Å². The zero-order chi connectivity index (χ0) is 49.8. The van der Waals surface area contributed by atoms with Crippen LogP contribution in [0.25, 0.3) is 0 Å². The zero-order valence-electron chi connectivity index (χ0n) is 39.3. The average molecular weight is 951 g/mol. The molecular weight excluding hydrogens is 873 g/mol. The number of esters is 1. The number of allylic oxidation sites excluding steroid dienone is 12. The minimum absolute atomic E-state index is 0.0886. The Balaban J connectivity index is 1.90. The number of rotatable bonds is 4. The van der Waals surface area contributed by atoms with Crippen LogP contribution in [0.3, 0.4) is 0 Å². The molecule has 1 unspecified atom stereocenters. The molecule has 67 heavy (non-hydrogen) atoms. The van der Waals surface area contributed by atoms with E-state index in [4.69, 9.17) is 24.7 Å². The molecule has 3 rings (SSSR count). The van der Waals surface area contributed by atoms with Gasteiger partial charge in [0.25, 0.3) is 0 Å². The fourth-order valence-corrected chi connectivity index (χ4v) is 8.28. The van der Waals surface area contributed by atoms with Gasteiger partial charge >= 0.3 is 5.97 Å². The molecule has 0 aromatic heterocycles. The Labute approximate surface area is 394 Å². The largest absolute Gasteiger partial charge is 0.462 e. The monoisotopic (exact) mass is 951 g/mol. The number of fused-ring (bicyclic) bond motifs is 2. The Hall–Kier alpha value is -3.44. The van der Waals surface area contributed by atoms with E-state index in [-0.39, 0.29) is 38.1 Å². The van der Waals surface area contributed by atoms with Crippen LogP contribution in [-0.2, 0) is 28.5 Å². The van der Waals surface area contributed by atoms with E-state index in [0.717, 1.165) is 0 Å². The number of aliphatic hydroxyl groups excluding tert-OH is 9. The Bertz CT molecular complexity index is 1700. The number of nitrogens with two attached hydrogens (primary N) is 1. The summed E-state index contributed by atoms with van der Waals surface area (Å²) < 4.78 is 23.6. The summed E-state index contributed by atoms with van der Waals surface area (Å²) in [5.74, 6) is -5.50. The normalized spacial score (nSPS) is 44.4. The van der Waals surface area contributed by atoms with E-state index in [1.54, 1.807) is 70.2 Å². The van der Waals surface area contributed by atoms with Crippen molar-refractivity contribution in [3.63, 3.8) is 0 Å². The average Bonchev–Trinajstić information content (AvgIpc) is 3.25. The van der Waals surface area contributed by atoms with Gasteiger partial charge in [0.05, 0.1) is 85.5 Å². The maximum Gasteiger partial charge on any atom is 0.308 e. The van der Waals surface area contributed by atoms with E-state index in [9.17, 15) is 60.7 Å². The molecule has 13 N–H and O–H groups in total. The molecular formula is C49H78N2O16. The van der Waals surface area contributed by atoms with Gasteiger partial charge in [0, 0.05) is 44.1 Å². The van der Waals surface area contributed by atoms with Gasteiger partial charge in [0.1, 0.15) is 12.2 Å². The van der Waals surface area contributed by atoms with E-state index < -0.39 is 147 Å². The highest BCUT2D eigenvalue weighted by molar-refractivity contribution is 5.80. The van der Waals surface area contributed by atoms with Crippen molar-refractivity contribution in [2.75, 3.05) is 6.54 Å². The highest BCUT2D eigenvalue weighted by Crippen LogP contribution is 2.38. The lowest BCUT2D eigenvalue weighted by atomic mass is 9.82. The fourth-order valence-electron chi connectivity index (χ4n) is 8.28. The van der Waals surface area contributed by atoms with Crippen molar-refractivity contribution in [2.45, 2.75) is 183 Å². The van der Waals surface area contributed by atoms with Gasteiger partial charge in [0.2, 0.25) is 5.91 Å². The maximum absolute atomic E-state index is 13.4. The molecule has 2 saturated heterocycles. The second kappa shape index (κ2) is 28.9. The van der Waals surface area contributed by atoms with Crippen LogP contribution < -0.4 is 11.1 Å². The second-order valence-corrected chi connectivity index (χ2v) is 18.1. The van der Waals surface area contributed by atoms with Gasteiger partial charge in [0.15, 0.2) is 12.1 Å². The summed E-state index contributed by atoms with van der Waals surface area (Å²) in [6, 6.07) is -1.12. The standard InChI is InChI=1S/C49H78N2O16/c1-6-51-47(62)42-39(57)28-49(63)27-35(54)24-38(56)37(55)22-21-33(52)23-34(53)25-41(58)64-31(4)30(3)44(59)29(2)19-17-15-13-11-9-7-8-10-12-14-16-18-20-36(26-40(42)67-49)66-48-46(61)43(50)45(60)32(5)65-48/h7-20,29-40,42-46,48,52-57,59-61,63H,6,21-28,50H2,1-5H3,(H,51,62)/b8-7+,11-9+,12-10+,15-13+,16-14+,19-17+,20-18+/t29-,30-,31-,32+,33+,34+,35-,36-,37+,38+,39-,40-,42?,43-,44+,45+,46+,48-,49+/m0/s1. The molecule has 0 aromatic rings. The summed E-state index contributed by atoms with van der Waals surface area (Å²) in [7, 11) is 0. The maximum atomic E-state index is 13.4. The quantitative estimate of drug-likeness (QED) is 0.173. The Morgan fingerprint density at radius 1 is 0.701 bits per heavy atom. The minimum Gasteiger partial charge on any atom is -0.462 e. The number of aliphatic hydroxyl groups is 10. The van der Waals surface area contributed by atoms with Crippen molar-refractivity contribution in [2.24, 2.45) is 23.5 Å². The summed E-state index contributed by atoms with van der Waals surface area (Å²) in [5, 5.41) is 112. The fraction of sp³-hybridized carbons (Fsp3) is 0.673. The van der Waals surface area contributed by atoms with E-state index >= 15 is 0 Å². The number of carbonyl (C=O) groups is 2. The molecule has 19 atom stereocenters. The Morgan fingerprint density at radius 3 is 1.88 bits per heavy atom. The summed E-state index contributed by atoms with van der Waals surface area (Å²) >= 11 is 0. The highest BCUT2D eigenvalue weighted by Gasteiger charge is 2.50. The number of amides is 1. The van der Waals surface area contributed by atoms with E-state index in [1.165, 1.54) is 0 Å². The summed E-state index contributed by atoms with van der Waals surface area (Å²) in [4.78, 5) is 26.0. The third kappa shape index (κ3) is 19.5. The smallest absolute Gasteiger partial charge is 0.308 e. The number of carbonyl (C=O) groups excluding carboxylic acids is 2. The van der Waals surface area contributed by atoms with Crippen molar-refractivity contribution in [1.29, 1.82) is 0 Å². The van der Waals surface area contributed by atoms with Gasteiger partial charge in [-0.3, -0.25) is 9.59 Å². The molecule has 3 heterocycles. The lowest BCUT2D eigenvalue weighted by Crippen LogP contribution is -2.62. The predicted molar refractivity (Wildman–Crippen MR) is 248 cm³/mol. The molecule has 2 fully saturated rings. The molecule has 3 aliphatic heterocycles. The lowest BCUT2D eigenvalue weighted by Gasteiger charge is -2.46. The lowest BCUT2D eigenvalue weighted by molar-refractivity contribution is -0.307. The van der Waals surface area contributed by atoms with Crippen molar-refractivity contribution in [3.8, 4) is 0 Å². The van der Waals surface area contributed by atoms with Gasteiger partial charge in [-0.2, -0.15) is 0 Å². The van der Waals surface area contributed by atoms with Gasteiger partial charge in [-0.25, -0.2) is 0 Å². The molecule has 0 aromatic carbocycles. The van der Waals surface area contributed by atoms with Crippen LogP contribution >= 0.6 is 0 Å². The summed E-state index contributed by atoms with van der Waals surface area (Å²) in [5.41, 5.74) is 6.07. The van der Waals surface area contributed by atoms with Crippen molar-refractivity contribution in [1.82, 2.24) is 5.32 Å². The number of cyclic esters (lactones) is 1. The molecule has 0 spiro atoms.